The summed E-state index contributed by atoms with van der Waals surface area (Å²) < 4.78 is 46.7. The zero-order chi connectivity index (χ0) is 24.3. The minimum absolute atomic E-state index is 0.0562. The van der Waals surface area contributed by atoms with E-state index < -0.39 is 15.6 Å². The summed E-state index contributed by atoms with van der Waals surface area (Å²) in [7, 11) is -1.05. The maximum atomic E-state index is 13.6. The third-order valence-electron chi connectivity index (χ3n) is 5.73. The highest BCUT2D eigenvalue weighted by atomic mass is 35.5. The molecule has 1 fully saturated rings. The minimum Gasteiger partial charge on any atom is -0.493 e. The molecule has 0 aromatic heterocycles. The Hall–Kier alpha value is -2.94. The molecule has 0 saturated carbocycles. The first-order chi connectivity index (χ1) is 16.2. The first-order valence-corrected chi connectivity index (χ1v) is 12.6. The Balaban J connectivity index is 1.73. The third kappa shape index (κ3) is 5.09. The topological polar surface area (TPSA) is 85.9 Å². The molecule has 0 radical (unpaired) electrons. The molecule has 1 atom stereocenters. The largest absolute Gasteiger partial charge is 0.493 e. The Kier molecular flexibility index (Phi) is 6.93. The average Bonchev–Trinajstić information content (AvgIpc) is 3.26. The number of methoxy groups -OCH3 is 2. The molecular formula is C25H27ClN2O5S. The predicted molar refractivity (Wildman–Crippen MR) is 134 cm³/mol. The van der Waals surface area contributed by atoms with Gasteiger partial charge in [0.25, 0.3) is 10.0 Å². The van der Waals surface area contributed by atoms with E-state index in [-0.39, 0.29) is 4.90 Å². The van der Waals surface area contributed by atoms with Gasteiger partial charge in [-0.25, -0.2) is 8.42 Å². The van der Waals surface area contributed by atoms with Crippen LogP contribution in [0.25, 0.3) is 11.1 Å². The highest BCUT2D eigenvalue weighted by Gasteiger charge is 2.31. The van der Waals surface area contributed by atoms with Gasteiger partial charge in [-0.1, -0.05) is 41.9 Å². The van der Waals surface area contributed by atoms with E-state index in [9.17, 15) is 8.42 Å². The van der Waals surface area contributed by atoms with Crippen LogP contribution in [-0.4, -0.2) is 41.3 Å². The van der Waals surface area contributed by atoms with E-state index in [1.54, 1.807) is 24.3 Å². The summed E-state index contributed by atoms with van der Waals surface area (Å²) >= 11 is 6.35. The molecule has 0 aliphatic carbocycles. The molecule has 7 nitrogen and oxygen atoms in total. The molecule has 1 aliphatic rings. The van der Waals surface area contributed by atoms with Crippen molar-refractivity contribution in [3.05, 3.63) is 65.7 Å². The van der Waals surface area contributed by atoms with E-state index in [4.69, 9.17) is 25.8 Å². The highest BCUT2D eigenvalue weighted by molar-refractivity contribution is 7.92. The van der Waals surface area contributed by atoms with E-state index in [1.165, 1.54) is 20.3 Å². The monoisotopic (exact) mass is 502 g/mol. The second-order valence-electron chi connectivity index (χ2n) is 8.30. The SMILES string of the molecule is COc1cc(-c2ccccc2)c(S(=O)(=O)Nc2ccc(Cl)c(O[C@]3(C)CCNC3)c2)cc1OC. The fourth-order valence-electron chi connectivity index (χ4n) is 3.93. The van der Waals surface area contributed by atoms with Crippen molar-refractivity contribution >= 4 is 27.3 Å². The maximum Gasteiger partial charge on any atom is 0.262 e. The molecule has 0 unspecified atom stereocenters. The van der Waals surface area contributed by atoms with Gasteiger partial charge in [-0.05, 0) is 37.2 Å². The number of hydrogen-bond donors (Lipinski definition) is 2. The number of hydrogen-bond acceptors (Lipinski definition) is 6. The van der Waals surface area contributed by atoms with E-state index in [2.05, 4.69) is 10.0 Å². The molecule has 9 heteroatoms. The van der Waals surface area contributed by atoms with Crippen LogP contribution in [0.1, 0.15) is 13.3 Å². The van der Waals surface area contributed by atoms with Crippen LogP contribution in [0, 0.1) is 0 Å². The molecule has 3 aromatic carbocycles. The van der Waals surface area contributed by atoms with Crippen LogP contribution in [0.2, 0.25) is 5.02 Å². The van der Waals surface area contributed by atoms with Crippen LogP contribution < -0.4 is 24.2 Å². The normalized spacial score (nSPS) is 17.9. The van der Waals surface area contributed by atoms with Crippen molar-refractivity contribution in [3.8, 4) is 28.4 Å². The van der Waals surface area contributed by atoms with E-state index in [0.717, 1.165) is 18.5 Å². The molecule has 4 rings (SSSR count). The summed E-state index contributed by atoms with van der Waals surface area (Å²) in [6.07, 6.45) is 0.825. The first kappa shape index (κ1) is 24.2. The fraction of sp³-hybridized carbons (Fsp3) is 0.280. The lowest BCUT2D eigenvalue weighted by atomic mass is 10.1. The van der Waals surface area contributed by atoms with Crippen molar-refractivity contribution in [1.82, 2.24) is 5.32 Å². The van der Waals surface area contributed by atoms with Crippen molar-refractivity contribution in [2.24, 2.45) is 0 Å². The van der Waals surface area contributed by atoms with Gasteiger partial charge in [-0.2, -0.15) is 0 Å². The van der Waals surface area contributed by atoms with Crippen LogP contribution >= 0.6 is 11.6 Å². The number of halogens is 1. The molecule has 1 heterocycles. The number of rotatable bonds is 8. The molecular weight excluding hydrogens is 476 g/mol. The molecule has 0 amide bonds. The van der Waals surface area contributed by atoms with Crippen LogP contribution in [-0.2, 0) is 10.0 Å². The highest BCUT2D eigenvalue weighted by Crippen LogP contribution is 2.39. The summed E-state index contributed by atoms with van der Waals surface area (Å²) in [6.45, 7) is 3.53. The predicted octanol–water partition coefficient (Wildman–Crippen LogP) is 4.96. The summed E-state index contributed by atoms with van der Waals surface area (Å²) in [5.74, 6) is 1.16. The van der Waals surface area contributed by atoms with Gasteiger partial charge in [0.2, 0.25) is 0 Å². The van der Waals surface area contributed by atoms with E-state index in [0.29, 0.717) is 40.1 Å². The van der Waals surface area contributed by atoms with Crippen LogP contribution in [0.4, 0.5) is 5.69 Å². The quantitative estimate of drug-likeness (QED) is 0.453. The summed E-state index contributed by atoms with van der Waals surface area (Å²) in [6, 6.07) is 17.2. The van der Waals surface area contributed by atoms with Crippen molar-refractivity contribution in [2.75, 3.05) is 32.0 Å². The number of nitrogens with one attached hydrogen (secondary N) is 2. The number of sulfonamides is 1. The van der Waals surface area contributed by atoms with Crippen molar-refractivity contribution in [3.63, 3.8) is 0 Å². The zero-order valence-corrected chi connectivity index (χ0v) is 20.8. The smallest absolute Gasteiger partial charge is 0.262 e. The Morgan fingerprint density at radius 3 is 2.32 bits per heavy atom. The van der Waals surface area contributed by atoms with Crippen molar-refractivity contribution in [2.45, 2.75) is 23.8 Å². The van der Waals surface area contributed by atoms with Crippen molar-refractivity contribution in [1.29, 1.82) is 0 Å². The molecule has 0 bridgehead atoms. The van der Waals surface area contributed by atoms with Gasteiger partial charge in [0.05, 0.1) is 29.8 Å². The van der Waals surface area contributed by atoms with Crippen LogP contribution in [0.3, 0.4) is 0 Å². The molecule has 34 heavy (non-hydrogen) atoms. The van der Waals surface area contributed by atoms with Crippen LogP contribution in [0.5, 0.6) is 17.2 Å². The first-order valence-electron chi connectivity index (χ1n) is 10.8. The number of anilines is 1. The van der Waals surface area contributed by atoms with Gasteiger partial charge in [-0.3, -0.25) is 4.72 Å². The van der Waals surface area contributed by atoms with Gasteiger partial charge >= 0.3 is 0 Å². The van der Waals surface area contributed by atoms with Gasteiger partial charge in [0.1, 0.15) is 11.4 Å². The maximum absolute atomic E-state index is 13.6. The molecule has 180 valence electrons. The molecule has 2 N–H and O–H groups in total. The van der Waals surface area contributed by atoms with E-state index in [1.807, 2.05) is 37.3 Å². The van der Waals surface area contributed by atoms with Gasteiger partial charge in [-0.15, -0.1) is 0 Å². The van der Waals surface area contributed by atoms with E-state index >= 15 is 0 Å². The molecule has 0 spiro atoms. The van der Waals surface area contributed by atoms with Crippen molar-refractivity contribution < 1.29 is 22.6 Å². The second-order valence-corrected chi connectivity index (χ2v) is 10.4. The number of benzene rings is 3. The van der Waals surface area contributed by atoms with Gasteiger partial charge < -0.3 is 19.5 Å². The Labute approximate surface area is 205 Å². The average molecular weight is 503 g/mol. The second kappa shape index (κ2) is 9.74. The standard InChI is InChI=1S/C25H27ClN2O5S/c1-25(11-12-27-16-25)33-21-13-18(9-10-20(21)26)28-34(29,30)24-15-23(32-3)22(31-2)14-19(24)17-7-5-4-6-8-17/h4-10,13-15,27-28H,11-12,16H2,1-3H3/t25-/m1/s1. The molecule has 3 aromatic rings. The summed E-state index contributed by atoms with van der Waals surface area (Å²) in [5, 5.41) is 3.68. The third-order valence-corrected chi connectivity index (χ3v) is 7.46. The zero-order valence-electron chi connectivity index (χ0n) is 19.2. The Morgan fingerprint density at radius 2 is 1.68 bits per heavy atom. The molecule has 1 saturated heterocycles. The van der Waals surface area contributed by atoms with Gasteiger partial charge in [0, 0.05) is 30.7 Å². The lowest BCUT2D eigenvalue weighted by Crippen LogP contribution is -2.34. The summed E-state index contributed by atoms with van der Waals surface area (Å²) in [4.78, 5) is 0.0562. The lowest BCUT2D eigenvalue weighted by molar-refractivity contribution is 0.111. The van der Waals surface area contributed by atoms with Gasteiger partial charge in [0.15, 0.2) is 11.5 Å². The molecule has 1 aliphatic heterocycles. The Bertz CT molecular complexity index is 1280. The summed E-state index contributed by atoms with van der Waals surface area (Å²) in [5.41, 5.74) is 1.14. The fourth-order valence-corrected chi connectivity index (χ4v) is 5.36. The minimum atomic E-state index is -4.02. The van der Waals surface area contributed by atoms with Crippen LogP contribution in [0.15, 0.2) is 65.6 Å². The lowest BCUT2D eigenvalue weighted by Gasteiger charge is -2.26. The number of ether oxygens (including phenoxy) is 3. The Morgan fingerprint density at radius 1 is 0.971 bits per heavy atom.